The second-order valence-electron chi connectivity index (χ2n) is 9.06. The van der Waals surface area contributed by atoms with Crippen LogP contribution in [0.4, 0.5) is 8.78 Å². The molecule has 34 heavy (non-hydrogen) atoms. The van der Waals surface area contributed by atoms with Crippen molar-refractivity contribution in [3.8, 4) is 22.8 Å². The van der Waals surface area contributed by atoms with Gasteiger partial charge in [-0.15, -0.1) is 0 Å². The van der Waals surface area contributed by atoms with E-state index in [9.17, 15) is 8.78 Å². The van der Waals surface area contributed by atoms with Crippen LogP contribution in [0.15, 0.2) is 30.5 Å². The molecule has 0 amide bonds. The van der Waals surface area contributed by atoms with E-state index in [-0.39, 0.29) is 11.3 Å². The minimum absolute atomic E-state index is 0.0388. The van der Waals surface area contributed by atoms with Gasteiger partial charge in [-0.25, -0.2) is 4.39 Å². The van der Waals surface area contributed by atoms with Gasteiger partial charge in [-0.05, 0) is 37.1 Å². The molecule has 5 heteroatoms. The highest BCUT2D eigenvalue weighted by Crippen LogP contribution is 2.29. The van der Waals surface area contributed by atoms with Gasteiger partial charge in [-0.1, -0.05) is 90.9 Å². The van der Waals surface area contributed by atoms with Gasteiger partial charge in [0.05, 0.1) is 25.1 Å². The Bertz CT molecular complexity index is 795. The summed E-state index contributed by atoms with van der Waals surface area (Å²) in [6.45, 7) is 5.46. The predicted molar refractivity (Wildman–Crippen MR) is 137 cm³/mol. The number of unbranched alkanes of at least 4 members (excludes halogenated alkanes) is 12. The summed E-state index contributed by atoms with van der Waals surface area (Å²) >= 11 is 0. The third-order valence-corrected chi connectivity index (χ3v) is 6.08. The predicted octanol–water partition coefficient (Wildman–Crippen LogP) is 9.29. The van der Waals surface area contributed by atoms with Gasteiger partial charge >= 0.3 is 0 Å². The zero-order valence-corrected chi connectivity index (χ0v) is 21.2. The number of hydrogen-bond donors (Lipinski definition) is 0. The Morgan fingerprint density at radius 1 is 0.618 bits per heavy atom. The quantitative estimate of drug-likeness (QED) is 0.190. The maximum Gasteiger partial charge on any atom is 0.201 e. The van der Waals surface area contributed by atoms with Gasteiger partial charge in [0.1, 0.15) is 5.75 Å². The highest BCUT2D eigenvalue weighted by atomic mass is 19.2. The lowest BCUT2D eigenvalue weighted by molar-refractivity contribution is 0.285. The van der Waals surface area contributed by atoms with E-state index < -0.39 is 11.6 Å². The van der Waals surface area contributed by atoms with Crippen LogP contribution >= 0.6 is 0 Å². The van der Waals surface area contributed by atoms with Crippen molar-refractivity contribution < 1.29 is 18.3 Å². The van der Waals surface area contributed by atoms with E-state index in [1.54, 1.807) is 18.3 Å². The zero-order chi connectivity index (χ0) is 24.4. The van der Waals surface area contributed by atoms with Gasteiger partial charge in [0.2, 0.25) is 5.82 Å². The summed E-state index contributed by atoms with van der Waals surface area (Å²) in [5.74, 6) is -1.28. The van der Waals surface area contributed by atoms with E-state index in [0.29, 0.717) is 24.7 Å². The first-order valence-electron chi connectivity index (χ1n) is 13.4. The van der Waals surface area contributed by atoms with Crippen molar-refractivity contribution in [1.29, 1.82) is 0 Å². The first-order chi connectivity index (χ1) is 16.7. The smallest absolute Gasteiger partial charge is 0.201 e. The number of ether oxygens (including phenoxy) is 2. The summed E-state index contributed by atoms with van der Waals surface area (Å²) in [6, 6.07) is 6.43. The van der Waals surface area contributed by atoms with E-state index in [0.717, 1.165) is 32.1 Å². The number of rotatable bonds is 19. The first kappa shape index (κ1) is 28.1. The third-order valence-electron chi connectivity index (χ3n) is 6.08. The monoisotopic (exact) mass is 475 g/mol. The number of pyridine rings is 1. The number of halogens is 2. The Kier molecular flexibility index (Phi) is 14.3. The largest absolute Gasteiger partial charge is 0.492 e. The van der Waals surface area contributed by atoms with Gasteiger partial charge in [0.25, 0.3) is 0 Å². The Morgan fingerprint density at radius 2 is 1.18 bits per heavy atom. The number of benzene rings is 1. The van der Waals surface area contributed by atoms with Gasteiger partial charge in [-0.2, -0.15) is 4.39 Å². The molecule has 0 aliphatic rings. The Balaban J connectivity index is 1.75. The van der Waals surface area contributed by atoms with E-state index >= 15 is 0 Å². The molecule has 0 bridgehead atoms. The SMILES string of the molecule is CCCCCCCCCCOc1ccc(-c2ccc(OCCCCCCCC)cn2)c(F)c1F. The summed E-state index contributed by atoms with van der Waals surface area (Å²) in [5, 5.41) is 0. The van der Waals surface area contributed by atoms with Crippen LogP contribution in [-0.4, -0.2) is 18.2 Å². The molecular weight excluding hydrogens is 432 g/mol. The second kappa shape index (κ2) is 17.3. The van der Waals surface area contributed by atoms with Crippen molar-refractivity contribution in [2.45, 2.75) is 104 Å². The van der Waals surface area contributed by atoms with Crippen LogP contribution in [0, 0.1) is 11.6 Å². The summed E-state index contributed by atoms with van der Waals surface area (Å²) in [6.07, 6.45) is 18.2. The number of hydrogen-bond acceptors (Lipinski definition) is 3. The van der Waals surface area contributed by atoms with Crippen molar-refractivity contribution in [3.63, 3.8) is 0 Å². The van der Waals surface area contributed by atoms with Crippen LogP contribution in [0.25, 0.3) is 11.3 Å². The summed E-state index contributed by atoms with van der Waals surface area (Å²) < 4.78 is 40.4. The second-order valence-corrected chi connectivity index (χ2v) is 9.06. The lowest BCUT2D eigenvalue weighted by atomic mass is 10.1. The minimum Gasteiger partial charge on any atom is -0.492 e. The van der Waals surface area contributed by atoms with Crippen molar-refractivity contribution in [1.82, 2.24) is 4.98 Å². The summed E-state index contributed by atoms with van der Waals surface area (Å²) in [5.41, 5.74) is 0.498. The lowest BCUT2D eigenvalue weighted by Crippen LogP contribution is -2.02. The molecule has 0 fully saturated rings. The molecule has 0 saturated heterocycles. The van der Waals surface area contributed by atoms with Gasteiger partial charge < -0.3 is 9.47 Å². The molecule has 0 unspecified atom stereocenters. The van der Waals surface area contributed by atoms with Crippen LogP contribution in [-0.2, 0) is 0 Å². The number of aromatic nitrogens is 1. The highest BCUT2D eigenvalue weighted by molar-refractivity contribution is 5.61. The molecule has 0 atom stereocenters. The molecule has 0 spiro atoms. The van der Waals surface area contributed by atoms with Crippen LogP contribution in [0.5, 0.6) is 11.5 Å². The fraction of sp³-hybridized carbons (Fsp3) is 0.621. The van der Waals surface area contributed by atoms with Crippen molar-refractivity contribution in [3.05, 3.63) is 42.1 Å². The van der Waals surface area contributed by atoms with Crippen molar-refractivity contribution in [2.24, 2.45) is 0 Å². The van der Waals surface area contributed by atoms with Gasteiger partial charge in [0.15, 0.2) is 11.6 Å². The molecule has 0 saturated carbocycles. The maximum atomic E-state index is 14.7. The Labute approximate surface area is 205 Å². The summed E-state index contributed by atoms with van der Waals surface area (Å²) in [7, 11) is 0. The van der Waals surface area contributed by atoms with E-state index in [1.807, 2.05) is 0 Å². The van der Waals surface area contributed by atoms with Gasteiger partial charge in [-0.3, -0.25) is 4.98 Å². The molecule has 190 valence electrons. The van der Waals surface area contributed by atoms with E-state index in [2.05, 4.69) is 18.8 Å². The molecule has 1 aromatic heterocycles. The molecule has 0 aliphatic heterocycles. The molecule has 2 aromatic rings. The van der Waals surface area contributed by atoms with Gasteiger partial charge in [0, 0.05) is 5.56 Å². The highest BCUT2D eigenvalue weighted by Gasteiger charge is 2.16. The molecule has 2 rings (SSSR count). The Hall–Kier alpha value is -2.17. The average molecular weight is 476 g/mol. The molecule has 1 heterocycles. The van der Waals surface area contributed by atoms with Crippen molar-refractivity contribution >= 4 is 0 Å². The normalized spacial score (nSPS) is 11.1. The fourth-order valence-corrected chi connectivity index (χ4v) is 3.96. The topological polar surface area (TPSA) is 31.4 Å². The van der Waals surface area contributed by atoms with Crippen LogP contribution in [0.3, 0.4) is 0 Å². The molecule has 1 aromatic carbocycles. The lowest BCUT2D eigenvalue weighted by Gasteiger charge is -2.11. The summed E-state index contributed by atoms with van der Waals surface area (Å²) in [4.78, 5) is 4.27. The molecule has 0 N–H and O–H groups in total. The first-order valence-corrected chi connectivity index (χ1v) is 13.4. The molecule has 0 aliphatic carbocycles. The van der Waals surface area contributed by atoms with Crippen molar-refractivity contribution in [2.75, 3.05) is 13.2 Å². The minimum atomic E-state index is -0.956. The van der Waals surface area contributed by atoms with Crippen LogP contribution in [0.2, 0.25) is 0 Å². The molecule has 0 radical (unpaired) electrons. The fourth-order valence-electron chi connectivity index (χ4n) is 3.96. The van der Waals surface area contributed by atoms with E-state index in [1.165, 1.54) is 69.9 Å². The maximum absolute atomic E-state index is 14.7. The standard InChI is InChI=1S/C29H43F2NO2/c1-3-5-7-9-11-12-14-16-22-34-27-20-18-25(28(30)29(27)31)26-19-17-24(23-32-26)33-21-15-13-10-8-6-4-2/h17-20,23H,3-16,21-22H2,1-2H3. The Morgan fingerprint density at radius 3 is 1.74 bits per heavy atom. The van der Waals surface area contributed by atoms with E-state index in [4.69, 9.17) is 9.47 Å². The third kappa shape index (κ3) is 10.4. The average Bonchev–Trinajstić information content (AvgIpc) is 2.85. The van der Waals surface area contributed by atoms with Crippen LogP contribution in [0.1, 0.15) is 104 Å². The van der Waals surface area contributed by atoms with Crippen LogP contribution < -0.4 is 9.47 Å². The zero-order valence-electron chi connectivity index (χ0n) is 21.2. The molecular formula is C29H43F2NO2. The number of nitrogens with zero attached hydrogens (tertiary/aromatic N) is 1. The molecule has 3 nitrogen and oxygen atoms in total.